The number of aromatic nitrogens is 3. The van der Waals surface area contributed by atoms with Crippen LogP contribution in [0.1, 0.15) is 23.0 Å². The van der Waals surface area contributed by atoms with Gasteiger partial charge in [0.2, 0.25) is 11.1 Å². The molecule has 0 aliphatic carbocycles. The number of carbonyl (C=O) groups is 1. The van der Waals surface area contributed by atoms with Gasteiger partial charge in [0.1, 0.15) is 11.5 Å². The van der Waals surface area contributed by atoms with E-state index in [1.54, 1.807) is 31.6 Å². The second-order valence-corrected chi connectivity index (χ2v) is 8.52. The molecule has 0 fully saturated rings. The van der Waals surface area contributed by atoms with Gasteiger partial charge in [-0.05, 0) is 54.1 Å². The first-order valence-electron chi connectivity index (χ1n) is 9.89. The van der Waals surface area contributed by atoms with Crippen LogP contribution in [0.3, 0.4) is 0 Å². The Labute approximate surface area is 194 Å². The zero-order valence-corrected chi connectivity index (χ0v) is 18.8. The first-order valence-corrected chi connectivity index (χ1v) is 11.1. The average Bonchev–Trinajstić information content (AvgIpc) is 3.50. The maximum Gasteiger partial charge on any atom is 0.221 e. The van der Waals surface area contributed by atoms with Gasteiger partial charge in [-0.1, -0.05) is 35.5 Å². The lowest BCUT2D eigenvalue weighted by atomic mass is 10.1. The average molecular weight is 469 g/mol. The van der Waals surface area contributed by atoms with Crippen LogP contribution >= 0.6 is 23.4 Å². The molecule has 2 aromatic carbocycles. The maximum atomic E-state index is 12.6. The summed E-state index contributed by atoms with van der Waals surface area (Å²) in [5.74, 6) is 2.00. The zero-order chi connectivity index (χ0) is 22.3. The smallest absolute Gasteiger partial charge is 0.221 e. The second-order valence-electron chi connectivity index (χ2n) is 6.91. The van der Waals surface area contributed by atoms with Crippen molar-refractivity contribution in [2.75, 3.05) is 7.11 Å². The van der Waals surface area contributed by atoms with Crippen LogP contribution in [0, 0.1) is 0 Å². The molecule has 0 radical (unpaired) electrons. The zero-order valence-electron chi connectivity index (χ0n) is 17.2. The van der Waals surface area contributed by atoms with E-state index in [9.17, 15) is 4.79 Å². The molecule has 0 aliphatic rings. The topological polar surface area (TPSA) is 93.0 Å². The summed E-state index contributed by atoms with van der Waals surface area (Å²) in [6.45, 7) is 0.340. The van der Waals surface area contributed by atoms with Crippen molar-refractivity contribution in [2.24, 2.45) is 0 Å². The summed E-state index contributed by atoms with van der Waals surface area (Å²) in [6, 6.07) is 18.6. The summed E-state index contributed by atoms with van der Waals surface area (Å²) in [7, 11) is 1.62. The normalized spacial score (nSPS) is 11.8. The van der Waals surface area contributed by atoms with Gasteiger partial charge in [0.15, 0.2) is 5.82 Å². The maximum absolute atomic E-state index is 12.6. The standard InChI is InChI=1S/C23H21ClN4O3S/c1-30-18-10-6-15(7-11-18)20(13-21(29)25-14-19-3-2-12-31-19)32-23-26-22(27-28-23)16-4-8-17(24)9-5-16/h2-12,20H,13-14H2,1H3,(H,25,29)(H,26,27,28). The molecule has 32 heavy (non-hydrogen) atoms. The van der Waals surface area contributed by atoms with Crippen molar-refractivity contribution in [1.82, 2.24) is 20.5 Å². The van der Waals surface area contributed by atoms with Crippen LogP contribution in [0.5, 0.6) is 5.75 Å². The summed E-state index contributed by atoms with van der Waals surface area (Å²) in [6.07, 6.45) is 1.83. The number of ether oxygens (including phenoxy) is 1. The van der Waals surface area contributed by atoms with Gasteiger partial charge in [-0.25, -0.2) is 4.98 Å². The monoisotopic (exact) mass is 468 g/mol. The molecule has 4 aromatic rings. The second kappa shape index (κ2) is 10.4. The predicted molar refractivity (Wildman–Crippen MR) is 124 cm³/mol. The van der Waals surface area contributed by atoms with Crippen molar-refractivity contribution in [3.05, 3.63) is 83.3 Å². The Hall–Kier alpha value is -3.23. The van der Waals surface area contributed by atoms with Gasteiger partial charge in [0.05, 0.1) is 19.9 Å². The Morgan fingerprint density at radius 1 is 1.19 bits per heavy atom. The number of aromatic amines is 1. The van der Waals surface area contributed by atoms with Crippen molar-refractivity contribution in [3.8, 4) is 17.1 Å². The number of hydrogen-bond acceptors (Lipinski definition) is 6. The molecule has 1 unspecified atom stereocenters. The number of thioether (sulfide) groups is 1. The quantitative estimate of drug-likeness (QED) is 0.325. The van der Waals surface area contributed by atoms with Crippen molar-refractivity contribution < 1.29 is 13.9 Å². The Morgan fingerprint density at radius 3 is 2.66 bits per heavy atom. The number of hydrogen-bond donors (Lipinski definition) is 2. The number of halogens is 1. The number of methoxy groups -OCH3 is 1. The third-order valence-electron chi connectivity index (χ3n) is 4.73. The molecular formula is C23H21ClN4O3S. The highest BCUT2D eigenvalue weighted by molar-refractivity contribution is 7.99. The Bertz CT molecular complexity index is 1140. The molecule has 1 atom stereocenters. The summed E-state index contributed by atoms with van der Waals surface area (Å²) in [5.41, 5.74) is 1.85. The lowest BCUT2D eigenvalue weighted by Crippen LogP contribution is -2.23. The highest BCUT2D eigenvalue weighted by Crippen LogP contribution is 2.37. The number of rotatable bonds is 9. The number of H-pyrrole nitrogens is 1. The van der Waals surface area contributed by atoms with Crippen LogP contribution in [-0.2, 0) is 11.3 Å². The molecule has 0 saturated carbocycles. The van der Waals surface area contributed by atoms with Gasteiger partial charge < -0.3 is 14.5 Å². The van der Waals surface area contributed by atoms with E-state index in [-0.39, 0.29) is 17.6 Å². The van der Waals surface area contributed by atoms with Gasteiger partial charge in [0, 0.05) is 22.3 Å². The summed E-state index contributed by atoms with van der Waals surface area (Å²) >= 11 is 7.39. The molecule has 2 aromatic heterocycles. The lowest BCUT2D eigenvalue weighted by molar-refractivity contribution is -0.121. The van der Waals surface area contributed by atoms with Gasteiger partial charge in [-0.2, -0.15) is 0 Å². The molecular weight excluding hydrogens is 448 g/mol. The van der Waals surface area contributed by atoms with Crippen molar-refractivity contribution >= 4 is 29.3 Å². The van der Waals surface area contributed by atoms with Crippen LogP contribution in [0.4, 0.5) is 0 Å². The molecule has 9 heteroatoms. The number of nitrogens with one attached hydrogen (secondary N) is 2. The van der Waals surface area contributed by atoms with E-state index in [1.165, 1.54) is 11.8 Å². The fraction of sp³-hybridized carbons (Fsp3) is 0.174. The SMILES string of the molecule is COc1ccc(C(CC(=O)NCc2ccco2)Sc2n[nH]c(-c3ccc(Cl)cc3)n2)cc1. The van der Waals surface area contributed by atoms with Crippen LogP contribution in [0.25, 0.3) is 11.4 Å². The van der Waals surface area contributed by atoms with E-state index in [1.807, 2.05) is 42.5 Å². The number of amides is 1. The number of carbonyl (C=O) groups excluding carboxylic acids is 1. The molecule has 2 heterocycles. The fourth-order valence-electron chi connectivity index (χ4n) is 3.05. The lowest BCUT2D eigenvalue weighted by Gasteiger charge is -2.15. The highest BCUT2D eigenvalue weighted by Gasteiger charge is 2.20. The van der Waals surface area contributed by atoms with E-state index < -0.39 is 0 Å². The first-order chi connectivity index (χ1) is 15.6. The van der Waals surface area contributed by atoms with Crippen molar-refractivity contribution in [2.45, 2.75) is 23.4 Å². The minimum atomic E-state index is -0.189. The first kappa shape index (κ1) is 22.0. The number of nitrogens with zero attached hydrogens (tertiary/aromatic N) is 2. The summed E-state index contributed by atoms with van der Waals surface area (Å²) < 4.78 is 10.5. The molecule has 1 amide bonds. The van der Waals surface area contributed by atoms with Crippen LogP contribution in [-0.4, -0.2) is 28.2 Å². The molecule has 0 saturated heterocycles. The predicted octanol–water partition coefficient (Wildman–Crippen LogP) is 5.27. The molecule has 164 valence electrons. The van der Waals surface area contributed by atoms with E-state index in [2.05, 4.69) is 20.5 Å². The van der Waals surface area contributed by atoms with Crippen LogP contribution in [0.2, 0.25) is 5.02 Å². The van der Waals surface area contributed by atoms with E-state index in [0.717, 1.165) is 16.9 Å². The molecule has 0 aliphatic heterocycles. The molecule has 2 N–H and O–H groups in total. The van der Waals surface area contributed by atoms with Crippen molar-refractivity contribution in [1.29, 1.82) is 0 Å². The van der Waals surface area contributed by atoms with Crippen molar-refractivity contribution in [3.63, 3.8) is 0 Å². The fourth-order valence-corrected chi connectivity index (χ4v) is 4.20. The van der Waals surface area contributed by atoms with Crippen LogP contribution < -0.4 is 10.1 Å². The third-order valence-corrected chi connectivity index (χ3v) is 6.10. The summed E-state index contributed by atoms with van der Waals surface area (Å²) in [5, 5.41) is 11.2. The summed E-state index contributed by atoms with van der Waals surface area (Å²) in [4.78, 5) is 17.2. The molecule has 7 nitrogen and oxygen atoms in total. The van der Waals surface area contributed by atoms with Gasteiger partial charge in [-0.15, -0.1) is 5.10 Å². The van der Waals surface area contributed by atoms with Gasteiger partial charge in [0.25, 0.3) is 0 Å². The van der Waals surface area contributed by atoms with Crippen LogP contribution in [0.15, 0.2) is 76.5 Å². The molecule has 0 bridgehead atoms. The Kier molecular flexibility index (Phi) is 7.14. The van der Waals surface area contributed by atoms with Gasteiger partial charge in [-0.3, -0.25) is 9.89 Å². The molecule has 0 spiro atoms. The minimum absolute atomic E-state index is 0.0943. The number of furan rings is 1. The third kappa shape index (κ3) is 5.72. The molecule has 4 rings (SSSR count). The van der Waals surface area contributed by atoms with E-state index in [0.29, 0.717) is 28.3 Å². The van der Waals surface area contributed by atoms with Gasteiger partial charge >= 0.3 is 0 Å². The van der Waals surface area contributed by atoms with E-state index >= 15 is 0 Å². The number of benzene rings is 2. The largest absolute Gasteiger partial charge is 0.497 e. The highest BCUT2D eigenvalue weighted by atomic mass is 35.5. The van der Waals surface area contributed by atoms with E-state index in [4.69, 9.17) is 20.8 Å². The Balaban J connectivity index is 1.49. The Morgan fingerprint density at radius 2 is 1.97 bits per heavy atom. The minimum Gasteiger partial charge on any atom is -0.497 e.